The van der Waals surface area contributed by atoms with Crippen LogP contribution in [0.15, 0.2) is 84.9 Å². The van der Waals surface area contributed by atoms with Crippen molar-refractivity contribution in [1.82, 2.24) is 19.9 Å². The number of benzene rings is 3. The summed E-state index contributed by atoms with van der Waals surface area (Å²) in [5.74, 6) is -1.23. The number of halogens is 3. The van der Waals surface area contributed by atoms with E-state index >= 15 is 0 Å². The van der Waals surface area contributed by atoms with E-state index in [1.165, 1.54) is 28.8 Å². The lowest BCUT2D eigenvalue weighted by Crippen LogP contribution is -2.25. The van der Waals surface area contributed by atoms with Crippen LogP contribution in [0.2, 0.25) is 5.02 Å². The van der Waals surface area contributed by atoms with Crippen molar-refractivity contribution in [3.8, 4) is 22.5 Å². The molecule has 0 fully saturated rings. The van der Waals surface area contributed by atoms with Crippen LogP contribution in [0.5, 0.6) is 0 Å². The standard InChI is InChI=1S/C26H17ClF2N4O/c27-18-9-7-17(8-10-18)22-14-25-31-23(20-3-1-2-4-21(20)29)13-24(33(25)32-22)26(34)30-15-16-5-11-19(28)12-6-16/h1-14H,15H2,(H,30,34). The lowest BCUT2D eigenvalue weighted by Gasteiger charge is -2.10. The summed E-state index contributed by atoms with van der Waals surface area (Å²) in [6, 6.07) is 22.4. The second-order valence-corrected chi connectivity index (χ2v) is 8.06. The third-order valence-electron chi connectivity index (χ3n) is 5.32. The number of hydrogen-bond donors (Lipinski definition) is 1. The molecule has 8 heteroatoms. The van der Waals surface area contributed by atoms with Gasteiger partial charge in [-0.15, -0.1) is 0 Å². The molecule has 0 saturated heterocycles. The number of fused-ring (bicyclic) bond motifs is 1. The fourth-order valence-corrected chi connectivity index (χ4v) is 3.71. The SMILES string of the molecule is O=C(NCc1ccc(F)cc1)c1cc(-c2ccccc2F)nc2cc(-c3ccc(Cl)cc3)nn12. The zero-order valence-corrected chi connectivity index (χ0v) is 18.4. The molecule has 3 aromatic carbocycles. The van der Waals surface area contributed by atoms with Crippen LogP contribution in [0, 0.1) is 11.6 Å². The van der Waals surface area contributed by atoms with Gasteiger partial charge < -0.3 is 5.32 Å². The maximum Gasteiger partial charge on any atom is 0.270 e. The molecular formula is C26H17ClF2N4O. The van der Waals surface area contributed by atoms with Gasteiger partial charge in [0, 0.05) is 28.8 Å². The van der Waals surface area contributed by atoms with E-state index in [4.69, 9.17) is 11.6 Å². The molecule has 5 nitrogen and oxygen atoms in total. The molecule has 34 heavy (non-hydrogen) atoms. The Morgan fingerprint density at radius 3 is 2.38 bits per heavy atom. The highest BCUT2D eigenvalue weighted by Crippen LogP contribution is 2.26. The van der Waals surface area contributed by atoms with Crippen LogP contribution >= 0.6 is 11.6 Å². The summed E-state index contributed by atoms with van der Waals surface area (Å²) in [5.41, 5.74) is 3.26. The Bertz CT molecular complexity index is 1500. The Morgan fingerprint density at radius 2 is 1.65 bits per heavy atom. The fraction of sp³-hybridized carbons (Fsp3) is 0.0385. The highest BCUT2D eigenvalue weighted by Gasteiger charge is 2.18. The van der Waals surface area contributed by atoms with Gasteiger partial charge in [-0.1, -0.05) is 48.0 Å². The van der Waals surface area contributed by atoms with Gasteiger partial charge in [0.15, 0.2) is 5.65 Å². The summed E-state index contributed by atoms with van der Waals surface area (Å²) in [7, 11) is 0. The van der Waals surface area contributed by atoms with E-state index in [1.807, 2.05) is 12.1 Å². The van der Waals surface area contributed by atoms with Crippen LogP contribution in [0.1, 0.15) is 16.1 Å². The summed E-state index contributed by atoms with van der Waals surface area (Å²) in [6.07, 6.45) is 0. The normalized spacial score (nSPS) is 11.0. The Morgan fingerprint density at radius 1 is 0.912 bits per heavy atom. The van der Waals surface area contributed by atoms with Crippen molar-refractivity contribution in [3.05, 3.63) is 113 Å². The quantitative estimate of drug-likeness (QED) is 0.344. The van der Waals surface area contributed by atoms with E-state index in [9.17, 15) is 13.6 Å². The van der Waals surface area contributed by atoms with E-state index < -0.39 is 11.7 Å². The molecule has 5 rings (SSSR count). The molecule has 0 unspecified atom stereocenters. The zero-order chi connectivity index (χ0) is 23.7. The van der Waals surface area contributed by atoms with Gasteiger partial charge in [-0.05, 0) is 48.0 Å². The molecule has 0 saturated carbocycles. The number of nitrogens with zero attached hydrogens (tertiary/aromatic N) is 3. The van der Waals surface area contributed by atoms with Crippen LogP contribution in [-0.2, 0) is 6.54 Å². The first-order valence-electron chi connectivity index (χ1n) is 10.4. The minimum absolute atomic E-state index is 0.184. The molecule has 168 valence electrons. The summed E-state index contributed by atoms with van der Waals surface area (Å²) in [4.78, 5) is 17.7. The van der Waals surface area contributed by atoms with Gasteiger partial charge in [-0.2, -0.15) is 5.10 Å². The first-order chi connectivity index (χ1) is 16.5. The lowest BCUT2D eigenvalue weighted by molar-refractivity contribution is 0.0943. The Labute approximate surface area is 198 Å². The maximum atomic E-state index is 14.5. The summed E-state index contributed by atoms with van der Waals surface area (Å²) in [5, 5.41) is 7.97. The zero-order valence-electron chi connectivity index (χ0n) is 17.7. The number of carbonyl (C=O) groups excluding carboxylic acids is 1. The molecule has 0 bridgehead atoms. The molecule has 0 radical (unpaired) electrons. The van der Waals surface area contributed by atoms with Gasteiger partial charge >= 0.3 is 0 Å². The van der Waals surface area contributed by atoms with E-state index in [-0.39, 0.29) is 23.6 Å². The first kappa shape index (κ1) is 21.7. The number of rotatable bonds is 5. The van der Waals surface area contributed by atoms with Crippen LogP contribution in [0.4, 0.5) is 8.78 Å². The summed E-state index contributed by atoms with van der Waals surface area (Å²) < 4.78 is 29.1. The van der Waals surface area contributed by atoms with Gasteiger partial charge in [-0.25, -0.2) is 18.3 Å². The van der Waals surface area contributed by atoms with Crippen LogP contribution in [-0.4, -0.2) is 20.5 Å². The average Bonchev–Trinajstić information content (AvgIpc) is 3.28. The van der Waals surface area contributed by atoms with Crippen molar-refractivity contribution >= 4 is 23.2 Å². The maximum absolute atomic E-state index is 14.5. The molecule has 0 aliphatic rings. The molecule has 5 aromatic rings. The van der Waals surface area contributed by atoms with Gasteiger partial charge in [0.1, 0.15) is 17.3 Å². The molecule has 1 N–H and O–H groups in total. The van der Waals surface area contributed by atoms with Gasteiger partial charge in [0.25, 0.3) is 5.91 Å². The Hall–Kier alpha value is -4.10. The highest BCUT2D eigenvalue weighted by molar-refractivity contribution is 6.30. The van der Waals surface area contributed by atoms with Crippen LogP contribution < -0.4 is 5.32 Å². The molecule has 2 heterocycles. The van der Waals surface area contributed by atoms with E-state index in [1.54, 1.807) is 48.5 Å². The Kier molecular flexibility index (Phi) is 5.77. The monoisotopic (exact) mass is 474 g/mol. The lowest BCUT2D eigenvalue weighted by atomic mass is 10.1. The predicted octanol–water partition coefficient (Wildman–Crippen LogP) is 5.92. The van der Waals surface area contributed by atoms with Gasteiger partial charge in [0.2, 0.25) is 0 Å². The van der Waals surface area contributed by atoms with Crippen LogP contribution in [0.3, 0.4) is 0 Å². The minimum Gasteiger partial charge on any atom is -0.347 e. The minimum atomic E-state index is -0.450. The van der Waals surface area contributed by atoms with Crippen molar-refractivity contribution in [2.75, 3.05) is 0 Å². The summed E-state index contributed by atoms with van der Waals surface area (Å²) >= 11 is 5.99. The predicted molar refractivity (Wildman–Crippen MR) is 126 cm³/mol. The largest absolute Gasteiger partial charge is 0.347 e. The van der Waals surface area contributed by atoms with Crippen molar-refractivity contribution in [2.24, 2.45) is 0 Å². The third-order valence-corrected chi connectivity index (χ3v) is 5.57. The highest BCUT2D eigenvalue weighted by atomic mass is 35.5. The molecule has 1 amide bonds. The van der Waals surface area contributed by atoms with Crippen molar-refractivity contribution in [2.45, 2.75) is 6.54 Å². The smallest absolute Gasteiger partial charge is 0.270 e. The molecule has 0 atom stereocenters. The van der Waals surface area contributed by atoms with Crippen molar-refractivity contribution < 1.29 is 13.6 Å². The Balaban J connectivity index is 1.58. The van der Waals surface area contributed by atoms with Gasteiger partial charge in [-0.3, -0.25) is 4.79 Å². The number of carbonyl (C=O) groups is 1. The van der Waals surface area contributed by atoms with Crippen LogP contribution in [0.25, 0.3) is 28.2 Å². The number of nitrogens with one attached hydrogen (secondary N) is 1. The first-order valence-corrected chi connectivity index (χ1v) is 10.8. The molecule has 0 aliphatic carbocycles. The van der Waals surface area contributed by atoms with E-state index in [0.717, 1.165) is 11.1 Å². The second kappa shape index (κ2) is 9.03. The van der Waals surface area contributed by atoms with Crippen molar-refractivity contribution in [3.63, 3.8) is 0 Å². The van der Waals surface area contributed by atoms with E-state index in [2.05, 4.69) is 15.4 Å². The number of hydrogen-bond acceptors (Lipinski definition) is 3. The topological polar surface area (TPSA) is 59.3 Å². The second-order valence-electron chi connectivity index (χ2n) is 7.62. The molecular weight excluding hydrogens is 458 g/mol. The van der Waals surface area contributed by atoms with E-state index in [0.29, 0.717) is 22.1 Å². The molecule has 0 aliphatic heterocycles. The summed E-state index contributed by atoms with van der Waals surface area (Å²) in [6.45, 7) is 0.184. The van der Waals surface area contributed by atoms with Crippen molar-refractivity contribution in [1.29, 1.82) is 0 Å². The average molecular weight is 475 g/mol. The molecule has 2 aromatic heterocycles. The number of aromatic nitrogens is 3. The number of amides is 1. The van der Waals surface area contributed by atoms with Gasteiger partial charge in [0.05, 0.1) is 11.4 Å². The third kappa shape index (κ3) is 4.38. The molecule has 0 spiro atoms. The fourth-order valence-electron chi connectivity index (χ4n) is 3.58.